The van der Waals surface area contributed by atoms with Gasteiger partial charge < -0.3 is 0 Å². The molecular formula is C57H34N4S. The standard InChI is InChI=1S/C57H34N4S/c1-2-13-35(14-3-1)50-32-51(38-25-28-49(59-34-38)37-15-12-30-58-33-37)61-56(60-50)36-24-26-42-40-17-5-4-16-39(40)41-18-6-9-21-45(41)57(48(42)31-36)46-22-10-7-19-43(46)54-47(57)27-29-53-55(54)44-20-8-11-23-52(44)62-53/h1-34H. The van der Waals surface area contributed by atoms with Crippen LogP contribution >= 0.6 is 11.3 Å². The van der Waals surface area contributed by atoms with Gasteiger partial charge in [0.2, 0.25) is 0 Å². The van der Waals surface area contributed by atoms with Crippen molar-refractivity contribution in [2.24, 2.45) is 0 Å². The van der Waals surface area contributed by atoms with E-state index in [2.05, 4.69) is 169 Å². The van der Waals surface area contributed by atoms with E-state index in [-0.39, 0.29) is 0 Å². The van der Waals surface area contributed by atoms with Crippen LogP contribution in [0.3, 0.4) is 0 Å². The van der Waals surface area contributed by atoms with Crippen molar-refractivity contribution in [3.63, 3.8) is 0 Å². The number of pyridine rings is 2. The lowest BCUT2D eigenvalue weighted by Crippen LogP contribution is -2.29. The summed E-state index contributed by atoms with van der Waals surface area (Å²) in [5, 5.41) is 2.63. The molecule has 11 aromatic rings. The Morgan fingerprint density at radius 1 is 0.387 bits per heavy atom. The van der Waals surface area contributed by atoms with Gasteiger partial charge in [0.25, 0.3) is 0 Å². The fourth-order valence-electron chi connectivity index (χ4n) is 10.2. The van der Waals surface area contributed by atoms with Crippen LogP contribution in [0, 0.1) is 0 Å². The summed E-state index contributed by atoms with van der Waals surface area (Å²) >= 11 is 1.88. The van der Waals surface area contributed by atoms with Gasteiger partial charge in [0, 0.05) is 61.0 Å². The van der Waals surface area contributed by atoms with Gasteiger partial charge in [-0.25, -0.2) is 9.97 Å². The van der Waals surface area contributed by atoms with Crippen molar-refractivity contribution < 1.29 is 0 Å². The number of nitrogens with zero attached hydrogens (tertiary/aromatic N) is 4. The van der Waals surface area contributed by atoms with Crippen LogP contribution in [0.15, 0.2) is 207 Å². The van der Waals surface area contributed by atoms with Crippen LogP contribution in [0.5, 0.6) is 0 Å². The zero-order valence-electron chi connectivity index (χ0n) is 33.3. The Morgan fingerprint density at radius 2 is 1.03 bits per heavy atom. The molecular weight excluding hydrogens is 773 g/mol. The molecule has 0 bridgehead atoms. The topological polar surface area (TPSA) is 51.6 Å². The lowest BCUT2D eigenvalue weighted by Gasteiger charge is -2.35. The summed E-state index contributed by atoms with van der Waals surface area (Å²) in [6, 6.07) is 68.3. The van der Waals surface area contributed by atoms with Crippen LogP contribution in [0.1, 0.15) is 22.3 Å². The third kappa shape index (κ3) is 5.06. The smallest absolute Gasteiger partial charge is 0.160 e. The third-order valence-corrected chi connectivity index (χ3v) is 14.0. The summed E-state index contributed by atoms with van der Waals surface area (Å²) in [7, 11) is 0. The van der Waals surface area contributed by atoms with Gasteiger partial charge in [-0.1, -0.05) is 140 Å². The predicted molar refractivity (Wildman–Crippen MR) is 254 cm³/mol. The van der Waals surface area contributed by atoms with E-state index in [1.807, 2.05) is 48.0 Å². The molecule has 0 radical (unpaired) electrons. The van der Waals surface area contributed by atoms with Crippen LogP contribution in [-0.2, 0) is 5.41 Å². The van der Waals surface area contributed by atoms with Crippen LogP contribution in [0.4, 0.5) is 0 Å². The SMILES string of the molecule is c1ccc(-c2cc(-c3ccc(-c4cccnc4)nc3)nc(-c3ccc4c(c3)C3(c5ccccc5-c5ccccc5-4)c4ccccc4-c4c3ccc3sc5ccccc5c43)n2)cc1. The van der Waals surface area contributed by atoms with Gasteiger partial charge in [0.05, 0.1) is 22.5 Å². The molecule has 4 heterocycles. The number of benzene rings is 7. The molecule has 1 spiro atoms. The molecule has 2 aliphatic carbocycles. The minimum absolute atomic E-state index is 0.657. The molecule has 0 saturated heterocycles. The zero-order chi connectivity index (χ0) is 40.8. The molecule has 4 nitrogen and oxygen atoms in total. The highest BCUT2D eigenvalue weighted by Crippen LogP contribution is 2.63. The van der Waals surface area contributed by atoms with Crippen LogP contribution in [0.2, 0.25) is 0 Å². The molecule has 62 heavy (non-hydrogen) atoms. The quantitative estimate of drug-likeness (QED) is 0.178. The van der Waals surface area contributed by atoms with Gasteiger partial charge in [-0.05, 0) is 104 Å². The molecule has 13 rings (SSSR count). The summed E-state index contributed by atoms with van der Waals surface area (Å²) in [6.07, 6.45) is 5.53. The highest BCUT2D eigenvalue weighted by atomic mass is 32.1. The average Bonchev–Trinajstić information content (AvgIpc) is 3.85. The average molecular weight is 807 g/mol. The second kappa shape index (κ2) is 13.6. The molecule has 0 amide bonds. The Hall–Kier alpha value is -7.86. The van der Waals surface area contributed by atoms with Crippen molar-refractivity contribution in [2.75, 3.05) is 0 Å². The first-order chi connectivity index (χ1) is 30.7. The third-order valence-electron chi connectivity index (χ3n) is 12.9. The first-order valence-corrected chi connectivity index (χ1v) is 21.8. The Labute approximate surface area is 362 Å². The molecule has 7 aromatic carbocycles. The summed E-state index contributed by atoms with van der Waals surface area (Å²) in [5.41, 5.74) is 18.3. The Balaban J connectivity index is 1.11. The predicted octanol–water partition coefficient (Wildman–Crippen LogP) is 14.3. The highest BCUT2D eigenvalue weighted by molar-refractivity contribution is 7.26. The normalized spacial score (nSPS) is 14.5. The van der Waals surface area contributed by atoms with Gasteiger partial charge in [0.15, 0.2) is 5.82 Å². The minimum Gasteiger partial charge on any atom is -0.264 e. The molecule has 288 valence electrons. The van der Waals surface area contributed by atoms with E-state index in [0.29, 0.717) is 5.82 Å². The van der Waals surface area contributed by atoms with Crippen molar-refractivity contribution >= 4 is 31.5 Å². The monoisotopic (exact) mass is 806 g/mol. The maximum atomic E-state index is 5.37. The molecule has 2 aliphatic rings. The number of fused-ring (bicyclic) bond motifs is 16. The van der Waals surface area contributed by atoms with Crippen LogP contribution < -0.4 is 0 Å². The number of aromatic nitrogens is 4. The summed E-state index contributed by atoms with van der Waals surface area (Å²) in [5.74, 6) is 0.659. The lowest BCUT2D eigenvalue weighted by molar-refractivity contribution is 0.776. The van der Waals surface area contributed by atoms with Crippen molar-refractivity contribution in [1.29, 1.82) is 0 Å². The molecule has 0 N–H and O–H groups in total. The fourth-order valence-corrected chi connectivity index (χ4v) is 11.4. The largest absolute Gasteiger partial charge is 0.264 e. The van der Waals surface area contributed by atoms with Gasteiger partial charge in [0.1, 0.15) is 0 Å². The number of thiophene rings is 1. The molecule has 1 atom stereocenters. The van der Waals surface area contributed by atoms with E-state index in [4.69, 9.17) is 15.0 Å². The molecule has 0 saturated carbocycles. The molecule has 0 aliphatic heterocycles. The molecule has 4 aromatic heterocycles. The second-order valence-corrected chi connectivity index (χ2v) is 17.2. The van der Waals surface area contributed by atoms with E-state index < -0.39 is 5.41 Å². The first kappa shape index (κ1) is 34.9. The molecule has 5 heteroatoms. The Morgan fingerprint density at radius 3 is 1.81 bits per heavy atom. The summed E-state index contributed by atoms with van der Waals surface area (Å²) < 4.78 is 2.61. The van der Waals surface area contributed by atoms with Crippen molar-refractivity contribution in [1.82, 2.24) is 19.9 Å². The second-order valence-electron chi connectivity index (χ2n) is 16.1. The fraction of sp³-hybridized carbons (Fsp3) is 0.0175. The molecule has 1 unspecified atom stereocenters. The Bertz CT molecular complexity index is 3580. The first-order valence-electron chi connectivity index (χ1n) is 20.9. The lowest BCUT2D eigenvalue weighted by atomic mass is 9.65. The maximum absolute atomic E-state index is 5.37. The number of rotatable bonds is 4. The van der Waals surface area contributed by atoms with E-state index in [0.717, 1.165) is 39.3 Å². The summed E-state index contributed by atoms with van der Waals surface area (Å²) in [4.78, 5) is 19.9. The van der Waals surface area contributed by atoms with E-state index in [9.17, 15) is 0 Å². The van der Waals surface area contributed by atoms with Gasteiger partial charge in [-0.15, -0.1) is 11.3 Å². The van der Waals surface area contributed by atoms with Gasteiger partial charge in [-0.2, -0.15) is 0 Å². The minimum atomic E-state index is -0.657. The van der Waals surface area contributed by atoms with Gasteiger partial charge in [-0.3, -0.25) is 9.97 Å². The summed E-state index contributed by atoms with van der Waals surface area (Å²) in [6.45, 7) is 0. The van der Waals surface area contributed by atoms with Gasteiger partial charge >= 0.3 is 0 Å². The number of hydrogen-bond acceptors (Lipinski definition) is 5. The Kier molecular flexibility index (Phi) is 7.66. The maximum Gasteiger partial charge on any atom is 0.160 e. The van der Waals surface area contributed by atoms with E-state index in [1.54, 1.807) is 6.20 Å². The van der Waals surface area contributed by atoms with Crippen LogP contribution in [0.25, 0.3) is 98.7 Å². The van der Waals surface area contributed by atoms with Crippen molar-refractivity contribution in [2.45, 2.75) is 5.41 Å². The zero-order valence-corrected chi connectivity index (χ0v) is 34.1. The number of hydrogen-bond donors (Lipinski definition) is 0. The van der Waals surface area contributed by atoms with Crippen LogP contribution in [-0.4, -0.2) is 19.9 Å². The highest BCUT2D eigenvalue weighted by Gasteiger charge is 2.50. The van der Waals surface area contributed by atoms with E-state index in [1.165, 1.54) is 75.8 Å². The van der Waals surface area contributed by atoms with Crippen molar-refractivity contribution in [3.8, 4) is 78.5 Å². The molecule has 0 fully saturated rings. The van der Waals surface area contributed by atoms with Crippen molar-refractivity contribution in [3.05, 3.63) is 229 Å². The van der Waals surface area contributed by atoms with E-state index >= 15 is 0 Å².